The molecule has 4 heterocycles. The van der Waals surface area contributed by atoms with Gasteiger partial charge in [0.15, 0.2) is 23.0 Å². The van der Waals surface area contributed by atoms with Crippen molar-refractivity contribution in [1.82, 2.24) is 24.5 Å². The molecule has 0 radical (unpaired) electrons. The van der Waals surface area contributed by atoms with Crippen LogP contribution in [0.4, 0.5) is 0 Å². The number of nitrogens with zero attached hydrogens (tertiary/aromatic N) is 5. The highest BCUT2D eigenvalue weighted by Crippen LogP contribution is 2.36. The molecule has 0 N–H and O–H groups in total. The van der Waals surface area contributed by atoms with Crippen molar-refractivity contribution < 1.29 is 9.47 Å². The molecule has 0 atom stereocenters. The van der Waals surface area contributed by atoms with Crippen LogP contribution in [0.2, 0.25) is 0 Å². The Hall–Kier alpha value is -2.71. The molecule has 4 aromatic rings. The maximum absolute atomic E-state index is 5.90. The van der Waals surface area contributed by atoms with E-state index in [0.717, 1.165) is 35.4 Å². The highest BCUT2D eigenvalue weighted by atomic mass is 32.1. The molecule has 5 rings (SSSR count). The Balaban J connectivity index is 1.48. The molecule has 0 unspecified atom stereocenters. The highest BCUT2D eigenvalue weighted by Gasteiger charge is 2.25. The molecule has 3 aromatic heterocycles. The maximum Gasteiger partial charge on any atom is 0.189 e. The summed E-state index contributed by atoms with van der Waals surface area (Å²) in [5.74, 6) is 2.01. The number of para-hydroxylation sites is 2. The molecule has 0 saturated heterocycles. The maximum atomic E-state index is 5.90. The third-order valence-corrected chi connectivity index (χ3v) is 6.53. The van der Waals surface area contributed by atoms with Gasteiger partial charge in [-0.3, -0.25) is 4.90 Å². The number of methoxy groups -OCH3 is 1. The second kappa shape index (κ2) is 7.27. The van der Waals surface area contributed by atoms with Crippen LogP contribution in [0.3, 0.4) is 0 Å². The fraction of sp³-hybridized carbons (Fsp3) is 0.381. The van der Waals surface area contributed by atoms with Crippen LogP contribution in [0.5, 0.6) is 11.5 Å². The molecule has 0 fully saturated rings. The number of fused-ring (bicyclic) bond motifs is 5. The summed E-state index contributed by atoms with van der Waals surface area (Å²) in [4.78, 5) is 14.4. The molecule has 0 saturated carbocycles. The average molecular weight is 410 g/mol. The number of aromatic nitrogens is 4. The molecule has 1 aromatic carbocycles. The van der Waals surface area contributed by atoms with Crippen LogP contribution in [0.15, 0.2) is 30.6 Å². The van der Waals surface area contributed by atoms with Crippen LogP contribution in [0, 0.1) is 0 Å². The van der Waals surface area contributed by atoms with Crippen molar-refractivity contribution in [1.29, 1.82) is 0 Å². The first-order valence-corrected chi connectivity index (χ1v) is 10.6. The van der Waals surface area contributed by atoms with Gasteiger partial charge in [-0.05, 0) is 38.0 Å². The van der Waals surface area contributed by atoms with Crippen molar-refractivity contribution in [2.45, 2.75) is 39.5 Å². The van der Waals surface area contributed by atoms with Gasteiger partial charge in [0.1, 0.15) is 17.8 Å². The van der Waals surface area contributed by atoms with Gasteiger partial charge in [-0.25, -0.2) is 14.5 Å². The Morgan fingerprint density at radius 1 is 1.21 bits per heavy atom. The standard InChI is InChI=1S/C21H23N5O2S/c1-13(2)25-9-8-14-17(10-25)29-21-19(14)20-23-18(24-26(20)12-22-21)11-28-16-7-5-4-6-15(16)27-3/h4-7,12-13H,8-11H2,1-3H3. The van der Waals surface area contributed by atoms with E-state index in [-0.39, 0.29) is 6.61 Å². The third kappa shape index (κ3) is 3.22. The van der Waals surface area contributed by atoms with Crippen molar-refractivity contribution in [3.63, 3.8) is 0 Å². The van der Waals surface area contributed by atoms with E-state index in [2.05, 4.69) is 28.8 Å². The first kappa shape index (κ1) is 18.3. The summed E-state index contributed by atoms with van der Waals surface area (Å²) >= 11 is 1.78. The molecule has 1 aliphatic heterocycles. The van der Waals surface area contributed by atoms with Crippen molar-refractivity contribution in [3.8, 4) is 11.5 Å². The van der Waals surface area contributed by atoms with Gasteiger partial charge < -0.3 is 9.47 Å². The highest BCUT2D eigenvalue weighted by molar-refractivity contribution is 7.19. The number of thiophene rings is 1. The Morgan fingerprint density at radius 3 is 2.83 bits per heavy atom. The Kier molecular flexibility index (Phi) is 4.60. The van der Waals surface area contributed by atoms with E-state index in [1.165, 1.54) is 10.4 Å². The lowest BCUT2D eigenvalue weighted by atomic mass is 10.0. The van der Waals surface area contributed by atoms with Gasteiger partial charge >= 0.3 is 0 Å². The molecule has 0 aliphatic carbocycles. The molecular formula is C21H23N5O2S. The topological polar surface area (TPSA) is 64.8 Å². The molecule has 0 spiro atoms. The summed E-state index contributed by atoms with van der Waals surface area (Å²) in [6.45, 7) is 6.83. The first-order valence-electron chi connectivity index (χ1n) is 9.78. The van der Waals surface area contributed by atoms with Gasteiger partial charge in [0.25, 0.3) is 0 Å². The van der Waals surface area contributed by atoms with Gasteiger partial charge in [-0.1, -0.05) is 12.1 Å². The monoisotopic (exact) mass is 409 g/mol. The summed E-state index contributed by atoms with van der Waals surface area (Å²) in [6.07, 6.45) is 2.77. The van der Waals surface area contributed by atoms with Crippen LogP contribution < -0.4 is 9.47 Å². The second-order valence-electron chi connectivity index (χ2n) is 7.48. The van der Waals surface area contributed by atoms with Crippen LogP contribution in [0.1, 0.15) is 30.1 Å². The minimum atomic E-state index is 0.275. The number of benzene rings is 1. The van der Waals surface area contributed by atoms with E-state index in [0.29, 0.717) is 23.4 Å². The number of rotatable bonds is 5. The van der Waals surface area contributed by atoms with E-state index >= 15 is 0 Å². The second-order valence-corrected chi connectivity index (χ2v) is 8.56. The third-order valence-electron chi connectivity index (χ3n) is 5.41. The summed E-state index contributed by atoms with van der Waals surface area (Å²) < 4.78 is 13.0. The number of hydrogen-bond donors (Lipinski definition) is 0. The van der Waals surface area contributed by atoms with Gasteiger partial charge in [0, 0.05) is 24.0 Å². The largest absolute Gasteiger partial charge is 0.493 e. The summed E-state index contributed by atoms with van der Waals surface area (Å²) in [5.41, 5.74) is 2.24. The number of ether oxygens (including phenoxy) is 2. The smallest absolute Gasteiger partial charge is 0.189 e. The lowest BCUT2D eigenvalue weighted by molar-refractivity contribution is 0.206. The van der Waals surface area contributed by atoms with E-state index in [1.807, 2.05) is 24.3 Å². The minimum absolute atomic E-state index is 0.275. The zero-order chi connectivity index (χ0) is 20.0. The molecule has 7 nitrogen and oxygen atoms in total. The average Bonchev–Trinajstić information content (AvgIpc) is 3.32. The summed E-state index contributed by atoms with van der Waals surface area (Å²) in [7, 11) is 1.63. The van der Waals surface area contributed by atoms with E-state index in [1.54, 1.807) is 29.3 Å². The van der Waals surface area contributed by atoms with Gasteiger partial charge in [-0.2, -0.15) is 0 Å². The van der Waals surface area contributed by atoms with Gasteiger partial charge in [0.05, 0.1) is 12.5 Å². The quantitative estimate of drug-likeness (QED) is 0.501. The van der Waals surface area contributed by atoms with Crippen LogP contribution in [0.25, 0.3) is 15.9 Å². The molecule has 1 aliphatic rings. The summed E-state index contributed by atoms with van der Waals surface area (Å²) in [5, 5.41) is 5.72. The van der Waals surface area contributed by atoms with E-state index in [9.17, 15) is 0 Å². The molecular weight excluding hydrogens is 386 g/mol. The zero-order valence-electron chi connectivity index (χ0n) is 16.8. The predicted molar refractivity (Wildman–Crippen MR) is 113 cm³/mol. The van der Waals surface area contributed by atoms with Crippen LogP contribution in [-0.2, 0) is 19.6 Å². The lowest BCUT2D eigenvalue weighted by Crippen LogP contribution is -2.35. The van der Waals surface area contributed by atoms with Crippen molar-refractivity contribution in [2.24, 2.45) is 0 Å². The molecule has 29 heavy (non-hydrogen) atoms. The lowest BCUT2D eigenvalue weighted by Gasteiger charge is -2.30. The van der Waals surface area contributed by atoms with Crippen LogP contribution in [-0.4, -0.2) is 44.2 Å². The Labute approximate surface area is 172 Å². The normalized spacial score (nSPS) is 14.6. The predicted octanol–water partition coefficient (Wildman–Crippen LogP) is 3.69. The molecule has 0 bridgehead atoms. The molecule has 0 amide bonds. The van der Waals surface area contributed by atoms with E-state index in [4.69, 9.17) is 14.5 Å². The fourth-order valence-electron chi connectivity index (χ4n) is 3.84. The molecule has 150 valence electrons. The van der Waals surface area contributed by atoms with E-state index < -0.39 is 0 Å². The SMILES string of the molecule is COc1ccccc1OCc1nc2c3c4c(sc3ncn2n1)CN(C(C)C)CC4. The molecule has 8 heteroatoms. The fourth-order valence-corrected chi connectivity index (χ4v) is 5.05. The van der Waals surface area contributed by atoms with Crippen molar-refractivity contribution in [3.05, 3.63) is 46.9 Å². The Bertz CT molecular complexity index is 1180. The first-order chi connectivity index (χ1) is 14.1. The van der Waals surface area contributed by atoms with Crippen molar-refractivity contribution in [2.75, 3.05) is 13.7 Å². The zero-order valence-corrected chi connectivity index (χ0v) is 17.6. The van der Waals surface area contributed by atoms with Gasteiger partial charge in [-0.15, -0.1) is 16.4 Å². The van der Waals surface area contributed by atoms with Crippen molar-refractivity contribution >= 4 is 27.2 Å². The Morgan fingerprint density at radius 2 is 2.03 bits per heavy atom. The number of hydrogen-bond acceptors (Lipinski definition) is 7. The summed E-state index contributed by atoms with van der Waals surface area (Å²) in [6, 6.07) is 8.13. The van der Waals surface area contributed by atoms with Crippen LogP contribution >= 0.6 is 11.3 Å². The van der Waals surface area contributed by atoms with Gasteiger partial charge in [0.2, 0.25) is 0 Å². The minimum Gasteiger partial charge on any atom is -0.493 e.